The Morgan fingerprint density at radius 2 is 1.85 bits per heavy atom. The van der Waals surface area contributed by atoms with Crippen LogP contribution in [0.1, 0.15) is 44.9 Å². The lowest BCUT2D eigenvalue weighted by molar-refractivity contribution is -0.0885. The van der Waals surface area contributed by atoms with Gasteiger partial charge in [0.15, 0.2) is 0 Å². The number of halogens is 1. The summed E-state index contributed by atoms with van der Waals surface area (Å²) in [6, 6.07) is 9.04. The van der Waals surface area contributed by atoms with Crippen LogP contribution < -0.4 is 10.1 Å². The second-order valence-electron chi connectivity index (χ2n) is 6.26. The summed E-state index contributed by atoms with van der Waals surface area (Å²) in [6.07, 6.45) is 9.73. The number of nitrogens with one attached hydrogen (secondary N) is 1. The zero-order valence-corrected chi connectivity index (χ0v) is 14.4. The first-order valence-electron chi connectivity index (χ1n) is 7.85. The molecule has 1 spiro atoms. The van der Waals surface area contributed by atoms with E-state index in [-0.39, 0.29) is 0 Å². The average Bonchev–Trinajstić information content (AvgIpc) is 2.72. The fraction of sp³-hybridized carbons (Fsp3) is 0.647. The molecule has 0 aromatic heterocycles. The van der Waals surface area contributed by atoms with Crippen molar-refractivity contribution >= 4 is 22.6 Å². The van der Waals surface area contributed by atoms with Crippen molar-refractivity contribution in [2.45, 2.75) is 57.1 Å². The molecule has 2 nitrogen and oxygen atoms in total. The summed E-state index contributed by atoms with van der Waals surface area (Å²) in [4.78, 5) is 0. The molecular formula is C17H24INO. The van der Waals surface area contributed by atoms with Crippen molar-refractivity contribution < 1.29 is 4.74 Å². The molecule has 2 unspecified atom stereocenters. The Labute approximate surface area is 135 Å². The van der Waals surface area contributed by atoms with Gasteiger partial charge < -0.3 is 10.1 Å². The molecule has 2 aliphatic rings. The molecule has 2 saturated carbocycles. The minimum Gasteiger partial charge on any atom is -0.489 e. The van der Waals surface area contributed by atoms with E-state index in [2.05, 4.69) is 59.2 Å². The number of hydrogen-bond donors (Lipinski definition) is 1. The van der Waals surface area contributed by atoms with Crippen LogP contribution >= 0.6 is 22.6 Å². The average molecular weight is 385 g/mol. The summed E-state index contributed by atoms with van der Waals surface area (Å²) in [7, 11) is 2.11. The van der Waals surface area contributed by atoms with Crippen molar-refractivity contribution in [1.29, 1.82) is 0 Å². The van der Waals surface area contributed by atoms with Crippen molar-refractivity contribution in [2.24, 2.45) is 5.41 Å². The third-order valence-electron chi connectivity index (χ3n) is 5.27. The van der Waals surface area contributed by atoms with E-state index in [1.165, 1.54) is 42.1 Å². The molecule has 3 heteroatoms. The van der Waals surface area contributed by atoms with Crippen molar-refractivity contribution in [1.82, 2.24) is 5.32 Å². The van der Waals surface area contributed by atoms with Crippen LogP contribution in [0.15, 0.2) is 24.3 Å². The summed E-state index contributed by atoms with van der Waals surface area (Å²) in [5.74, 6) is 1.07. The maximum atomic E-state index is 6.41. The van der Waals surface area contributed by atoms with Crippen molar-refractivity contribution in [3.8, 4) is 5.75 Å². The number of rotatable bonds is 3. The maximum Gasteiger partial charge on any atom is 0.133 e. The number of benzene rings is 1. The molecule has 0 radical (unpaired) electrons. The van der Waals surface area contributed by atoms with Crippen molar-refractivity contribution in [2.75, 3.05) is 7.05 Å². The van der Waals surface area contributed by atoms with E-state index in [4.69, 9.17) is 4.74 Å². The first kappa shape index (κ1) is 14.6. The third kappa shape index (κ3) is 2.59. The van der Waals surface area contributed by atoms with E-state index in [9.17, 15) is 0 Å². The van der Waals surface area contributed by atoms with E-state index in [0.717, 1.165) is 12.2 Å². The lowest BCUT2D eigenvalue weighted by atomic mass is 9.58. The molecule has 0 amide bonds. The Morgan fingerprint density at radius 3 is 2.50 bits per heavy atom. The van der Waals surface area contributed by atoms with Gasteiger partial charge in [-0.05, 0) is 54.6 Å². The highest BCUT2D eigenvalue weighted by Crippen LogP contribution is 2.52. The summed E-state index contributed by atoms with van der Waals surface area (Å²) < 4.78 is 7.64. The molecule has 0 bridgehead atoms. The Bertz CT molecular complexity index is 454. The lowest BCUT2D eigenvalue weighted by Gasteiger charge is -2.55. The predicted molar refractivity (Wildman–Crippen MR) is 91.2 cm³/mol. The molecule has 0 saturated heterocycles. The molecule has 20 heavy (non-hydrogen) atoms. The van der Waals surface area contributed by atoms with Crippen LogP contribution in [0, 0.1) is 8.99 Å². The second kappa shape index (κ2) is 6.22. The van der Waals surface area contributed by atoms with Gasteiger partial charge >= 0.3 is 0 Å². The molecular weight excluding hydrogens is 361 g/mol. The molecule has 1 N–H and O–H groups in total. The molecule has 1 aromatic carbocycles. The SMILES string of the molecule is CNC1CC(Oc2ccccc2I)C12CCCCCC2. The van der Waals surface area contributed by atoms with E-state index in [1.807, 2.05) is 0 Å². The van der Waals surface area contributed by atoms with Gasteiger partial charge in [-0.2, -0.15) is 0 Å². The van der Waals surface area contributed by atoms with Crippen LogP contribution in [0.5, 0.6) is 5.75 Å². The van der Waals surface area contributed by atoms with Gasteiger partial charge in [-0.1, -0.05) is 37.8 Å². The monoisotopic (exact) mass is 385 g/mol. The second-order valence-corrected chi connectivity index (χ2v) is 7.42. The Hall–Kier alpha value is -0.290. The topological polar surface area (TPSA) is 21.3 Å². The molecule has 1 aromatic rings. The Morgan fingerprint density at radius 1 is 1.15 bits per heavy atom. The molecule has 0 heterocycles. The van der Waals surface area contributed by atoms with Gasteiger partial charge in [0.05, 0.1) is 3.57 Å². The van der Waals surface area contributed by atoms with Crippen LogP contribution in [0.4, 0.5) is 0 Å². The highest BCUT2D eigenvalue weighted by molar-refractivity contribution is 14.1. The number of ether oxygens (including phenoxy) is 1. The predicted octanol–water partition coefficient (Wildman–Crippen LogP) is 4.37. The molecule has 0 aliphatic heterocycles. The largest absolute Gasteiger partial charge is 0.489 e. The van der Waals surface area contributed by atoms with Gasteiger partial charge in [0.25, 0.3) is 0 Å². The van der Waals surface area contributed by atoms with Crippen LogP contribution in [-0.4, -0.2) is 19.2 Å². The number of para-hydroxylation sites is 1. The lowest BCUT2D eigenvalue weighted by Crippen LogP contribution is -2.64. The van der Waals surface area contributed by atoms with Gasteiger partial charge in [0, 0.05) is 17.9 Å². The van der Waals surface area contributed by atoms with E-state index in [1.54, 1.807) is 0 Å². The molecule has 2 atom stereocenters. The fourth-order valence-corrected chi connectivity index (χ4v) is 4.58. The van der Waals surface area contributed by atoms with Gasteiger partial charge in [-0.25, -0.2) is 0 Å². The van der Waals surface area contributed by atoms with Gasteiger partial charge in [-0.3, -0.25) is 0 Å². The van der Waals surface area contributed by atoms with Gasteiger partial charge in [0.1, 0.15) is 11.9 Å². The Balaban J connectivity index is 1.77. The van der Waals surface area contributed by atoms with Crippen LogP contribution in [-0.2, 0) is 0 Å². The number of hydrogen-bond acceptors (Lipinski definition) is 2. The highest BCUT2D eigenvalue weighted by atomic mass is 127. The minimum atomic E-state index is 0.379. The summed E-state index contributed by atoms with van der Waals surface area (Å²) >= 11 is 2.38. The summed E-state index contributed by atoms with van der Waals surface area (Å²) in [5, 5.41) is 3.54. The smallest absolute Gasteiger partial charge is 0.133 e. The summed E-state index contributed by atoms with van der Waals surface area (Å²) in [5.41, 5.74) is 0.379. The third-order valence-corrected chi connectivity index (χ3v) is 6.16. The zero-order valence-electron chi connectivity index (χ0n) is 12.2. The van der Waals surface area contributed by atoms with Crippen molar-refractivity contribution in [3.63, 3.8) is 0 Å². The first-order chi connectivity index (χ1) is 9.76. The van der Waals surface area contributed by atoms with Crippen LogP contribution in [0.25, 0.3) is 0 Å². The van der Waals surface area contributed by atoms with Crippen molar-refractivity contribution in [3.05, 3.63) is 27.8 Å². The van der Waals surface area contributed by atoms with E-state index >= 15 is 0 Å². The van der Waals surface area contributed by atoms with E-state index in [0.29, 0.717) is 17.6 Å². The molecule has 2 fully saturated rings. The fourth-order valence-electron chi connectivity index (χ4n) is 4.07. The summed E-state index contributed by atoms with van der Waals surface area (Å²) in [6.45, 7) is 0. The highest BCUT2D eigenvalue weighted by Gasteiger charge is 2.55. The zero-order chi connectivity index (χ0) is 14.0. The maximum absolute atomic E-state index is 6.41. The van der Waals surface area contributed by atoms with E-state index < -0.39 is 0 Å². The quantitative estimate of drug-likeness (QED) is 0.781. The Kier molecular flexibility index (Phi) is 4.55. The molecule has 2 aliphatic carbocycles. The van der Waals surface area contributed by atoms with Crippen LogP contribution in [0.2, 0.25) is 0 Å². The van der Waals surface area contributed by atoms with Crippen LogP contribution in [0.3, 0.4) is 0 Å². The molecule has 3 rings (SSSR count). The van der Waals surface area contributed by atoms with Gasteiger partial charge in [0.2, 0.25) is 0 Å². The molecule has 110 valence electrons. The standard InChI is InChI=1S/C17H24INO/c1-19-15-12-16(17(15)10-6-2-3-7-11-17)20-14-9-5-4-8-13(14)18/h4-5,8-9,15-16,19H,2-3,6-7,10-12H2,1H3. The first-order valence-corrected chi connectivity index (χ1v) is 8.92. The normalized spacial score (nSPS) is 28.7. The van der Waals surface area contributed by atoms with Gasteiger partial charge in [-0.15, -0.1) is 0 Å². The minimum absolute atomic E-state index is 0.379.